The Balaban J connectivity index is 3.18. The Morgan fingerprint density at radius 2 is 2.00 bits per heavy atom. The molecule has 0 saturated carbocycles. The van der Waals surface area contributed by atoms with Gasteiger partial charge in [-0.2, -0.15) is 0 Å². The van der Waals surface area contributed by atoms with Crippen LogP contribution in [0.25, 0.3) is 0 Å². The van der Waals surface area contributed by atoms with Gasteiger partial charge in [0.1, 0.15) is 6.73 Å². The molecule has 0 aliphatic rings. The largest absolute Gasteiger partial charge is 0.361 e. The van der Waals surface area contributed by atoms with E-state index < -0.39 is 0 Å². The number of hydrogen-bond donors (Lipinski definition) is 1. The molecule has 0 radical (unpaired) electrons. The molecule has 0 unspecified atom stereocenters. The molecule has 0 atom stereocenters. The highest BCUT2D eigenvalue weighted by Gasteiger charge is 2.08. The van der Waals surface area contributed by atoms with E-state index in [1.165, 1.54) is 0 Å². The van der Waals surface area contributed by atoms with Crippen LogP contribution in [0.5, 0.6) is 0 Å². The molecule has 3 nitrogen and oxygen atoms in total. The van der Waals surface area contributed by atoms with Crippen molar-refractivity contribution in [3.63, 3.8) is 0 Å². The minimum absolute atomic E-state index is 0.0424. The second-order valence-electron chi connectivity index (χ2n) is 4.67. The number of nitrogens with one attached hydrogen (secondary N) is 1. The lowest BCUT2D eigenvalue weighted by atomic mass is 9.91. The molecule has 0 fully saturated rings. The molecule has 84 valence electrons. The van der Waals surface area contributed by atoms with E-state index in [1.54, 1.807) is 0 Å². The third-order valence-electron chi connectivity index (χ3n) is 1.91. The van der Waals surface area contributed by atoms with E-state index in [0.29, 0.717) is 18.6 Å². The van der Waals surface area contributed by atoms with Crippen molar-refractivity contribution in [3.05, 3.63) is 0 Å². The van der Waals surface area contributed by atoms with Gasteiger partial charge in [0.05, 0.1) is 0 Å². The number of ether oxygens (including phenoxy) is 1. The first-order chi connectivity index (χ1) is 6.45. The number of carbonyl (C=O) groups is 1. The number of amides is 1. The van der Waals surface area contributed by atoms with E-state index >= 15 is 0 Å². The maximum absolute atomic E-state index is 10.8. The van der Waals surface area contributed by atoms with Gasteiger partial charge in [-0.1, -0.05) is 27.7 Å². The molecule has 0 heterocycles. The summed E-state index contributed by atoms with van der Waals surface area (Å²) in [6, 6.07) is 0. The molecule has 14 heavy (non-hydrogen) atoms. The highest BCUT2D eigenvalue weighted by molar-refractivity contribution is 5.75. The number of carbonyl (C=O) groups excluding carboxylic acids is 1. The topological polar surface area (TPSA) is 38.3 Å². The Hall–Kier alpha value is -0.570. The lowest BCUT2D eigenvalue weighted by Gasteiger charge is -2.17. The lowest BCUT2D eigenvalue weighted by Crippen LogP contribution is -2.25. The summed E-state index contributed by atoms with van der Waals surface area (Å²) in [5.41, 5.74) is 0.371. The van der Waals surface area contributed by atoms with Gasteiger partial charge in [-0.3, -0.25) is 4.79 Å². The van der Waals surface area contributed by atoms with Gasteiger partial charge in [-0.05, 0) is 18.3 Å². The molecular formula is C11H23NO2. The molecule has 0 aliphatic carbocycles. The van der Waals surface area contributed by atoms with Crippen LogP contribution >= 0.6 is 0 Å². The van der Waals surface area contributed by atoms with Crippen LogP contribution < -0.4 is 5.32 Å². The molecule has 1 amide bonds. The molecule has 0 spiro atoms. The Bertz CT molecular complexity index is 161. The zero-order valence-corrected chi connectivity index (χ0v) is 9.85. The van der Waals surface area contributed by atoms with Crippen molar-refractivity contribution in [1.29, 1.82) is 0 Å². The van der Waals surface area contributed by atoms with Gasteiger partial charge in [0.2, 0.25) is 5.91 Å². The molecule has 0 aromatic rings. The zero-order valence-electron chi connectivity index (χ0n) is 9.85. The molecular weight excluding hydrogens is 178 g/mol. The molecule has 3 heteroatoms. The second-order valence-corrected chi connectivity index (χ2v) is 4.67. The van der Waals surface area contributed by atoms with Crippen molar-refractivity contribution >= 4 is 5.91 Å². The van der Waals surface area contributed by atoms with Crippen molar-refractivity contribution in [1.82, 2.24) is 5.32 Å². The Kier molecular flexibility index (Phi) is 6.54. The predicted octanol–water partition coefficient (Wildman–Crippen LogP) is 2.31. The van der Waals surface area contributed by atoms with Crippen molar-refractivity contribution in [2.45, 2.75) is 47.0 Å². The van der Waals surface area contributed by atoms with Gasteiger partial charge in [0.25, 0.3) is 0 Å². The summed E-state index contributed by atoms with van der Waals surface area (Å²) < 4.78 is 5.27. The first-order valence-corrected chi connectivity index (χ1v) is 5.30. The summed E-state index contributed by atoms with van der Waals surface area (Å²) >= 11 is 0. The van der Waals surface area contributed by atoms with Crippen LogP contribution in [0.4, 0.5) is 0 Å². The Labute approximate surface area is 87.2 Å². The van der Waals surface area contributed by atoms with E-state index in [-0.39, 0.29) is 5.91 Å². The van der Waals surface area contributed by atoms with Crippen LogP contribution in [-0.2, 0) is 9.53 Å². The summed E-state index contributed by atoms with van der Waals surface area (Å²) in [5.74, 6) is 0.0424. The molecule has 0 aliphatic heterocycles. The minimum Gasteiger partial charge on any atom is -0.361 e. The fourth-order valence-corrected chi connectivity index (χ4v) is 1.03. The summed E-state index contributed by atoms with van der Waals surface area (Å²) in [4.78, 5) is 10.8. The van der Waals surface area contributed by atoms with Crippen LogP contribution in [0.1, 0.15) is 47.0 Å². The minimum atomic E-state index is 0.0424. The van der Waals surface area contributed by atoms with Gasteiger partial charge >= 0.3 is 0 Å². The highest BCUT2D eigenvalue weighted by Crippen LogP contribution is 2.19. The molecule has 1 N–H and O–H groups in total. The molecule has 0 saturated heterocycles. The summed E-state index contributed by atoms with van der Waals surface area (Å²) in [6.07, 6.45) is 2.71. The standard InChI is InChI=1S/C11H23NO2/c1-5-10(13)12-9-14-8-6-7-11(2,3)4/h5-9H2,1-4H3,(H,12,13). The second kappa shape index (κ2) is 6.82. The van der Waals surface area contributed by atoms with E-state index in [0.717, 1.165) is 19.4 Å². The van der Waals surface area contributed by atoms with Crippen LogP contribution in [0.2, 0.25) is 0 Å². The third kappa shape index (κ3) is 9.52. The molecule has 0 aromatic carbocycles. The van der Waals surface area contributed by atoms with Crippen molar-refractivity contribution in [3.8, 4) is 0 Å². The fourth-order valence-electron chi connectivity index (χ4n) is 1.03. The summed E-state index contributed by atoms with van der Waals surface area (Å²) in [5, 5.41) is 2.67. The maximum atomic E-state index is 10.8. The quantitative estimate of drug-likeness (QED) is 0.529. The van der Waals surface area contributed by atoms with Crippen LogP contribution in [0.3, 0.4) is 0 Å². The van der Waals surface area contributed by atoms with Gasteiger partial charge in [-0.15, -0.1) is 0 Å². The molecule has 0 rings (SSSR count). The van der Waals surface area contributed by atoms with Crippen LogP contribution in [0.15, 0.2) is 0 Å². The average Bonchev–Trinajstić information content (AvgIpc) is 2.08. The fraction of sp³-hybridized carbons (Fsp3) is 0.909. The third-order valence-corrected chi connectivity index (χ3v) is 1.91. The van der Waals surface area contributed by atoms with Crippen LogP contribution in [0, 0.1) is 5.41 Å². The van der Waals surface area contributed by atoms with Crippen molar-refractivity contribution in [2.75, 3.05) is 13.3 Å². The van der Waals surface area contributed by atoms with Crippen molar-refractivity contribution < 1.29 is 9.53 Å². The normalized spacial score (nSPS) is 11.4. The van der Waals surface area contributed by atoms with E-state index in [9.17, 15) is 4.79 Å². The zero-order chi connectivity index (χ0) is 11.0. The van der Waals surface area contributed by atoms with Crippen LogP contribution in [-0.4, -0.2) is 19.2 Å². The van der Waals surface area contributed by atoms with Crippen molar-refractivity contribution in [2.24, 2.45) is 5.41 Å². The van der Waals surface area contributed by atoms with E-state index in [4.69, 9.17) is 4.74 Å². The Morgan fingerprint density at radius 3 is 2.50 bits per heavy atom. The number of hydrogen-bond acceptors (Lipinski definition) is 2. The van der Waals surface area contributed by atoms with E-state index in [1.807, 2.05) is 6.92 Å². The van der Waals surface area contributed by atoms with Gasteiger partial charge in [0.15, 0.2) is 0 Å². The Morgan fingerprint density at radius 1 is 1.36 bits per heavy atom. The monoisotopic (exact) mass is 201 g/mol. The van der Waals surface area contributed by atoms with Gasteiger partial charge < -0.3 is 10.1 Å². The molecule has 0 bridgehead atoms. The molecule has 0 aromatic heterocycles. The highest BCUT2D eigenvalue weighted by atomic mass is 16.5. The SMILES string of the molecule is CCC(=O)NCOCCCC(C)(C)C. The summed E-state index contributed by atoms with van der Waals surface area (Å²) in [6.45, 7) is 9.54. The van der Waals surface area contributed by atoms with Gasteiger partial charge in [0, 0.05) is 13.0 Å². The number of rotatable bonds is 6. The lowest BCUT2D eigenvalue weighted by molar-refractivity contribution is -0.122. The first-order valence-electron chi connectivity index (χ1n) is 5.30. The van der Waals surface area contributed by atoms with Gasteiger partial charge in [-0.25, -0.2) is 0 Å². The van der Waals surface area contributed by atoms with E-state index in [2.05, 4.69) is 26.1 Å². The summed E-state index contributed by atoms with van der Waals surface area (Å²) in [7, 11) is 0. The first kappa shape index (κ1) is 13.4. The predicted molar refractivity (Wildman–Crippen MR) is 57.9 cm³/mol. The smallest absolute Gasteiger partial charge is 0.221 e. The maximum Gasteiger partial charge on any atom is 0.221 e. The average molecular weight is 201 g/mol.